The molecule has 6 nitrogen and oxygen atoms in total. The molecule has 0 aliphatic heterocycles. The van der Waals surface area contributed by atoms with Gasteiger partial charge in [-0.1, -0.05) is 57.2 Å². The van der Waals surface area contributed by atoms with Gasteiger partial charge >= 0.3 is 0 Å². The van der Waals surface area contributed by atoms with Crippen molar-refractivity contribution in [2.75, 3.05) is 24.0 Å². The second-order valence-electron chi connectivity index (χ2n) is 9.64. The largest absolute Gasteiger partial charge is 0.496 e. The summed E-state index contributed by atoms with van der Waals surface area (Å²) < 4.78 is 28.6. The van der Waals surface area contributed by atoms with Gasteiger partial charge in [0.05, 0.1) is 12.9 Å². The Morgan fingerprint density at radius 2 is 1.66 bits per heavy atom. The van der Waals surface area contributed by atoms with E-state index in [4.69, 9.17) is 4.74 Å². The molecule has 0 saturated heterocycles. The van der Waals surface area contributed by atoms with E-state index in [1.165, 1.54) is 37.3 Å². The van der Waals surface area contributed by atoms with Crippen LogP contribution in [0.5, 0.6) is 5.75 Å². The Hall–Kier alpha value is -3.19. The van der Waals surface area contributed by atoms with Crippen molar-refractivity contribution in [3.8, 4) is 5.75 Å². The highest BCUT2D eigenvalue weighted by atomic mass is 32.2. The Bertz CT molecular complexity index is 1230. The zero-order valence-electron chi connectivity index (χ0n) is 21.6. The molecule has 0 atom stereocenters. The minimum Gasteiger partial charge on any atom is -0.496 e. The number of methoxy groups -OCH3 is 1. The first-order chi connectivity index (χ1) is 16.2. The van der Waals surface area contributed by atoms with Crippen LogP contribution in [0, 0.1) is 0 Å². The summed E-state index contributed by atoms with van der Waals surface area (Å²) in [5.74, 6) is 0.460. The zero-order chi connectivity index (χ0) is 26.4. The molecule has 0 unspecified atom stereocenters. The van der Waals surface area contributed by atoms with Crippen molar-refractivity contribution in [2.24, 2.45) is 0 Å². The third-order valence-electron chi connectivity index (χ3n) is 5.39. The first kappa shape index (κ1) is 28.1. The van der Waals surface area contributed by atoms with E-state index in [9.17, 15) is 18.0 Å². The van der Waals surface area contributed by atoms with Crippen LogP contribution in [0.2, 0.25) is 0 Å². The quantitative estimate of drug-likeness (QED) is 0.351. The molecule has 0 saturated carbocycles. The van der Waals surface area contributed by atoms with E-state index in [1.54, 1.807) is 7.11 Å². The van der Waals surface area contributed by atoms with Crippen molar-refractivity contribution >= 4 is 39.4 Å². The summed E-state index contributed by atoms with van der Waals surface area (Å²) in [6, 6.07) is 11.5. The van der Waals surface area contributed by atoms with Gasteiger partial charge in [-0.15, -0.1) is 0 Å². The lowest BCUT2D eigenvalue weighted by Gasteiger charge is -2.27. The molecule has 7 heteroatoms. The third-order valence-corrected chi connectivity index (χ3v) is 6.33. The summed E-state index contributed by atoms with van der Waals surface area (Å²) in [5.41, 5.74) is 3.98. The molecule has 0 aromatic heterocycles. The number of anilines is 1. The molecule has 35 heavy (non-hydrogen) atoms. The number of aryl methyl sites for hydroxylation is 1. The van der Waals surface area contributed by atoms with Gasteiger partial charge in [0.1, 0.15) is 15.6 Å². The van der Waals surface area contributed by atoms with Gasteiger partial charge in [-0.05, 0) is 48.1 Å². The lowest BCUT2D eigenvalue weighted by Crippen LogP contribution is -2.23. The van der Waals surface area contributed by atoms with Crippen LogP contribution in [-0.2, 0) is 31.3 Å². The number of allylic oxidation sites excluding steroid dienone is 1. The van der Waals surface area contributed by atoms with Gasteiger partial charge in [0.2, 0.25) is 5.91 Å². The third kappa shape index (κ3) is 8.51. The number of hydrogen-bond donors (Lipinski definition) is 0. The molecular weight excluding hydrogens is 462 g/mol. The van der Waals surface area contributed by atoms with Crippen LogP contribution in [0.25, 0.3) is 12.2 Å². The Morgan fingerprint density at radius 3 is 2.14 bits per heavy atom. The van der Waals surface area contributed by atoms with Crippen molar-refractivity contribution < 1.29 is 22.7 Å². The van der Waals surface area contributed by atoms with Crippen LogP contribution >= 0.6 is 0 Å². The molecule has 2 aromatic rings. The van der Waals surface area contributed by atoms with E-state index in [0.717, 1.165) is 22.3 Å². The number of rotatable bonds is 9. The molecule has 0 aliphatic carbocycles. The van der Waals surface area contributed by atoms with Gasteiger partial charge in [-0.3, -0.25) is 14.5 Å². The molecular formula is C28H35NO5S. The highest BCUT2D eigenvalue weighted by Crippen LogP contribution is 2.39. The van der Waals surface area contributed by atoms with Crippen LogP contribution in [0.3, 0.4) is 0 Å². The number of ether oxygens (including phenoxy) is 1. The Labute approximate surface area is 209 Å². The number of sulfone groups is 1. The average Bonchev–Trinajstić information content (AvgIpc) is 2.75. The second kappa shape index (κ2) is 11.5. The maximum absolute atomic E-state index is 12.4. The van der Waals surface area contributed by atoms with Crippen LogP contribution in [0.1, 0.15) is 56.9 Å². The van der Waals surface area contributed by atoms with E-state index in [1.807, 2.05) is 48.6 Å². The summed E-state index contributed by atoms with van der Waals surface area (Å²) >= 11 is 0. The lowest BCUT2D eigenvalue weighted by molar-refractivity contribution is -0.116. The van der Waals surface area contributed by atoms with Crippen molar-refractivity contribution in [1.29, 1.82) is 0 Å². The number of amides is 1. The summed E-state index contributed by atoms with van der Waals surface area (Å²) in [6.07, 6.45) is 8.43. The molecule has 2 rings (SSSR count). The molecule has 2 aromatic carbocycles. The van der Waals surface area contributed by atoms with Gasteiger partial charge in [-0.25, -0.2) is 8.42 Å². The molecule has 0 heterocycles. The van der Waals surface area contributed by atoms with E-state index < -0.39 is 9.84 Å². The number of hydrogen-bond acceptors (Lipinski definition) is 5. The first-order valence-corrected chi connectivity index (χ1v) is 13.4. The van der Waals surface area contributed by atoms with Gasteiger partial charge in [0.15, 0.2) is 5.78 Å². The molecule has 0 fully saturated rings. The zero-order valence-corrected chi connectivity index (χ0v) is 22.4. The summed E-state index contributed by atoms with van der Waals surface area (Å²) in [4.78, 5) is 25.3. The second-order valence-corrected chi connectivity index (χ2v) is 11.9. The fourth-order valence-electron chi connectivity index (χ4n) is 3.52. The lowest BCUT2D eigenvalue weighted by atomic mass is 9.84. The smallest absolute Gasteiger partial charge is 0.227 e. The predicted molar refractivity (Wildman–Crippen MR) is 143 cm³/mol. The van der Waals surface area contributed by atoms with Crippen molar-refractivity contribution in [2.45, 2.75) is 46.5 Å². The molecule has 0 aliphatic rings. The van der Waals surface area contributed by atoms with Crippen molar-refractivity contribution in [1.82, 2.24) is 0 Å². The predicted octanol–water partition coefficient (Wildman–Crippen LogP) is 5.21. The minimum absolute atomic E-state index is 0.118. The SMILES string of the molecule is COc1c(/C=C/c2ccc(CCS(C)(=O)=O)cc2)cc(N(/C=C\C(C)=O)C(C)=O)cc1C(C)(C)C. The van der Waals surface area contributed by atoms with Gasteiger partial charge < -0.3 is 4.74 Å². The van der Waals surface area contributed by atoms with Crippen LogP contribution in [0.15, 0.2) is 48.7 Å². The number of benzene rings is 2. The molecule has 0 radical (unpaired) electrons. The van der Waals surface area contributed by atoms with E-state index in [0.29, 0.717) is 17.9 Å². The maximum Gasteiger partial charge on any atom is 0.227 e. The first-order valence-electron chi connectivity index (χ1n) is 11.4. The molecule has 188 valence electrons. The van der Waals surface area contributed by atoms with E-state index in [2.05, 4.69) is 20.8 Å². The van der Waals surface area contributed by atoms with Crippen molar-refractivity contribution in [3.05, 3.63) is 70.9 Å². The normalized spacial score (nSPS) is 12.3. The van der Waals surface area contributed by atoms with Gasteiger partial charge in [-0.2, -0.15) is 0 Å². The monoisotopic (exact) mass is 497 g/mol. The fraction of sp³-hybridized carbons (Fsp3) is 0.357. The number of carbonyl (C=O) groups is 2. The Kier molecular flexibility index (Phi) is 9.21. The summed E-state index contributed by atoms with van der Waals surface area (Å²) in [6.45, 7) is 9.10. The van der Waals surface area contributed by atoms with Crippen LogP contribution in [-0.4, -0.2) is 39.2 Å². The van der Waals surface area contributed by atoms with Gasteiger partial charge in [0, 0.05) is 36.2 Å². The summed E-state index contributed by atoms with van der Waals surface area (Å²) in [5, 5.41) is 0. The van der Waals surface area contributed by atoms with E-state index in [-0.39, 0.29) is 22.9 Å². The number of carbonyl (C=O) groups excluding carboxylic acids is 2. The highest BCUT2D eigenvalue weighted by molar-refractivity contribution is 7.90. The van der Waals surface area contributed by atoms with Crippen LogP contribution < -0.4 is 9.64 Å². The molecule has 0 bridgehead atoms. The molecule has 0 spiro atoms. The topological polar surface area (TPSA) is 80.8 Å². The van der Waals surface area contributed by atoms with Crippen LogP contribution in [0.4, 0.5) is 5.69 Å². The Balaban J connectivity index is 2.51. The molecule has 1 amide bonds. The standard InChI is InChI=1S/C28H35NO5S/c1-20(30)14-16-29(21(2)31)25-18-24(27(34-6)26(19-25)28(3,4)5)13-12-22-8-10-23(11-9-22)15-17-35(7,32)33/h8-14,16,18-19H,15,17H2,1-7H3/b13-12+,16-14-. The fourth-order valence-corrected chi connectivity index (χ4v) is 4.13. The average molecular weight is 498 g/mol. The van der Waals surface area contributed by atoms with Gasteiger partial charge in [0.25, 0.3) is 0 Å². The van der Waals surface area contributed by atoms with E-state index >= 15 is 0 Å². The summed E-state index contributed by atoms with van der Waals surface area (Å²) in [7, 11) is -1.39. The maximum atomic E-state index is 12.4. The number of ketones is 1. The highest BCUT2D eigenvalue weighted by Gasteiger charge is 2.23. The Morgan fingerprint density at radius 1 is 1.03 bits per heavy atom. The number of nitrogens with zero attached hydrogens (tertiary/aromatic N) is 1. The minimum atomic E-state index is -3.01. The van der Waals surface area contributed by atoms with Crippen molar-refractivity contribution in [3.63, 3.8) is 0 Å². The molecule has 0 N–H and O–H groups in total.